The Bertz CT molecular complexity index is 305. The van der Waals surface area contributed by atoms with Crippen LogP contribution in [0.15, 0.2) is 30.9 Å². The van der Waals surface area contributed by atoms with Crippen molar-refractivity contribution < 1.29 is 0 Å². The van der Waals surface area contributed by atoms with Crippen LogP contribution in [0, 0.1) is 6.92 Å². The quantitative estimate of drug-likeness (QED) is 0.547. The molecule has 1 aromatic rings. The number of hydrogen-bond acceptors (Lipinski definition) is 2. The molecule has 4 N–H and O–H groups in total. The van der Waals surface area contributed by atoms with E-state index in [0.29, 0.717) is 0 Å². The minimum Gasteiger partial charge on any atom is -0.399 e. The molecule has 0 saturated heterocycles. The summed E-state index contributed by atoms with van der Waals surface area (Å²) in [6, 6.07) is 5.94. The highest BCUT2D eigenvalue weighted by atomic mass is 14.6. The summed E-state index contributed by atoms with van der Waals surface area (Å²) in [6.07, 6.45) is 2.62. The number of rotatable bonds is 3. The molecular formula is C11H16N2. The standard InChI is InChI=1S/C11H16N2/c1-3-4-11(13)9-5-6-10(12)8(2)7-9/h3,5-7,11H,1,4,12-13H2,2H3/t11-/m0/s1. The van der Waals surface area contributed by atoms with Crippen LogP contribution >= 0.6 is 0 Å². The molecule has 0 amide bonds. The van der Waals surface area contributed by atoms with Gasteiger partial charge in [0.2, 0.25) is 0 Å². The Labute approximate surface area is 79.2 Å². The maximum absolute atomic E-state index is 5.91. The first-order valence-corrected chi connectivity index (χ1v) is 4.37. The molecule has 0 aromatic heterocycles. The summed E-state index contributed by atoms with van der Waals surface area (Å²) in [4.78, 5) is 0. The van der Waals surface area contributed by atoms with Crippen molar-refractivity contribution >= 4 is 5.69 Å². The summed E-state index contributed by atoms with van der Waals surface area (Å²) in [5.41, 5.74) is 14.6. The Kier molecular flexibility index (Phi) is 3.09. The summed E-state index contributed by atoms with van der Waals surface area (Å²) in [7, 11) is 0. The Morgan fingerprint density at radius 3 is 2.77 bits per heavy atom. The lowest BCUT2D eigenvalue weighted by Gasteiger charge is -2.11. The molecule has 13 heavy (non-hydrogen) atoms. The molecule has 0 aliphatic rings. The van der Waals surface area contributed by atoms with Crippen LogP contribution in [-0.4, -0.2) is 0 Å². The average molecular weight is 176 g/mol. The van der Waals surface area contributed by atoms with Gasteiger partial charge in [0.25, 0.3) is 0 Å². The zero-order valence-electron chi connectivity index (χ0n) is 7.96. The van der Waals surface area contributed by atoms with E-state index >= 15 is 0 Å². The predicted molar refractivity (Wildman–Crippen MR) is 57.3 cm³/mol. The largest absolute Gasteiger partial charge is 0.399 e. The molecule has 0 heterocycles. The molecule has 0 aliphatic carbocycles. The molecule has 2 nitrogen and oxygen atoms in total. The van der Waals surface area contributed by atoms with E-state index < -0.39 is 0 Å². The molecule has 1 atom stereocenters. The second kappa shape index (κ2) is 4.10. The van der Waals surface area contributed by atoms with Crippen LogP contribution in [0.4, 0.5) is 5.69 Å². The second-order valence-electron chi connectivity index (χ2n) is 3.25. The fourth-order valence-corrected chi connectivity index (χ4v) is 1.25. The fraction of sp³-hybridized carbons (Fsp3) is 0.273. The average Bonchev–Trinajstić information content (AvgIpc) is 2.10. The fourth-order valence-electron chi connectivity index (χ4n) is 1.25. The van der Waals surface area contributed by atoms with Gasteiger partial charge in [-0.3, -0.25) is 0 Å². The van der Waals surface area contributed by atoms with Crippen molar-refractivity contribution in [1.82, 2.24) is 0 Å². The number of anilines is 1. The molecule has 0 saturated carbocycles. The van der Waals surface area contributed by atoms with Gasteiger partial charge in [-0.1, -0.05) is 18.2 Å². The first kappa shape index (κ1) is 9.81. The van der Waals surface area contributed by atoms with Crippen LogP contribution in [-0.2, 0) is 0 Å². The molecule has 0 radical (unpaired) electrons. The highest BCUT2D eigenvalue weighted by Gasteiger charge is 2.04. The van der Waals surface area contributed by atoms with Crippen LogP contribution in [0.5, 0.6) is 0 Å². The van der Waals surface area contributed by atoms with E-state index in [2.05, 4.69) is 6.58 Å². The zero-order chi connectivity index (χ0) is 9.84. The van der Waals surface area contributed by atoms with Crippen molar-refractivity contribution in [2.24, 2.45) is 5.73 Å². The monoisotopic (exact) mass is 176 g/mol. The number of nitrogens with two attached hydrogens (primary N) is 2. The summed E-state index contributed by atoms with van der Waals surface area (Å²) in [5, 5.41) is 0. The molecular weight excluding hydrogens is 160 g/mol. The van der Waals surface area contributed by atoms with Gasteiger partial charge in [0, 0.05) is 11.7 Å². The van der Waals surface area contributed by atoms with Crippen molar-refractivity contribution in [1.29, 1.82) is 0 Å². The summed E-state index contributed by atoms with van der Waals surface area (Å²) in [6.45, 7) is 5.65. The van der Waals surface area contributed by atoms with Crippen LogP contribution in [0.25, 0.3) is 0 Å². The van der Waals surface area contributed by atoms with Gasteiger partial charge in [-0.15, -0.1) is 6.58 Å². The molecule has 2 heteroatoms. The van der Waals surface area contributed by atoms with Gasteiger partial charge in [0.1, 0.15) is 0 Å². The maximum atomic E-state index is 5.91. The molecule has 0 aliphatic heterocycles. The minimum absolute atomic E-state index is 0.0387. The van der Waals surface area contributed by atoms with Gasteiger partial charge in [-0.25, -0.2) is 0 Å². The highest BCUT2D eigenvalue weighted by molar-refractivity contribution is 5.48. The van der Waals surface area contributed by atoms with Crippen LogP contribution in [0.3, 0.4) is 0 Å². The minimum atomic E-state index is 0.0387. The van der Waals surface area contributed by atoms with E-state index in [1.807, 2.05) is 31.2 Å². The lowest BCUT2D eigenvalue weighted by molar-refractivity contribution is 0.741. The molecule has 1 aromatic carbocycles. The van der Waals surface area contributed by atoms with Crippen molar-refractivity contribution in [3.63, 3.8) is 0 Å². The van der Waals surface area contributed by atoms with E-state index in [-0.39, 0.29) is 6.04 Å². The predicted octanol–water partition coefficient (Wildman–Crippen LogP) is 2.15. The van der Waals surface area contributed by atoms with Gasteiger partial charge in [0.15, 0.2) is 0 Å². The maximum Gasteiger partial charge on any atom is 0.0343 e. The smallest absolute Gasteiger partial charge is 0.0343 e. The molecule has 0 unspecified atom stereocenters. The third-order valence-electron chi connectivity index (χ3n) is 2.14. The van der Waals surface area contributed by atoms with E-state index in [4.69, 9.17) is 11.5 Å². The summed E-state index contributed by atoms with van der Waals surface area (Å²) >= 11 is 0. The van der Waals surface area contributed by atoms with Gasteiger partial charge in [0.05, 0.1) is 0 Å². The van der Waals surface area contributed by atoms with Crippen LogP contribution < -0.4 is 11.5 Å². The van der Waals surface area contributed by atoms with Crippen molar-refractivity contribution in [3.05, 3.63) is 42.0 Å². The Morgan fingerprint density at radius 1 is 1.54 bits per heavy atom. The lowest BCUT2D eigenvalue weighted by Crippen LogP contribution is -2.09. The molecule has 0 fully saturated rings. The number of aryl methyl sites for hydroxylation is 1. The van der Waals surface area contributed by atoms with Crippen molar-refractivity contribution in [2.75, 3.05) is 5.73 Å². The summed E-state index contributed by atoms with van der Waals surface area (Å²) < 4.78 is 0. The Morgan fingerprint density at radius 2 is 2.23 bits per heavy atom. The van der Waals surface area contributed by atoms with Gasteiger partial charge in [-0.05, 0) is 30.5 Å². The third-order valence-corrected chi connectivity index (χ3v) is 2.14. The van der Waals surface area contributed by atoms with Crippen molar-refractivity contribution in [2.45, 2.75) is 19.4 Å². The number of nitrogen functional groups attached to an aromatic ring is 1. The van der Waals surface area contributed by atoms with E-state index in [9.17, 15) is 0 Å². The van der Waals surface area contributed by atoms with Crippen molar-refractivity contribution in [3.8, 4) is 0 Å². The first-order chi connectivity index (χ1) is 6.15. The van der Waals surface area contributed by atoms with E-state index in [1.165, 1.54) is 0 Å². The van der Waals surface area contributed by atoms with Gasteiger partial charge < -0.3 is 11.5 Å². The number of benzene rings is 1. The lowest BCUT2D eigenvalue weighted by atomic mass is 10.0. The van der Waals surface area contributed by atoms with Gasteiger partial charge >= 0.3 is 0 Å². The number of hydrogen-bond donors (Lipinski definition) is 2. The molecule has 0 spiro atoms. The molecule has 0 bridgehead atoms. The summed E-state index contributed by atoms with van der Waals surface area (Å²) in [5.74, 6) is 0. The van der Waals surface area contributed by atoms with Crippen LogP contribution in [0.1, 0.15) is 23.6 Å². The van der Waals surface area contributed by atoms with Crippen LogP contribution in [0.2, 0.25) is 0 Å². The van der Waals surface area contributed by atoms with E-state index in [0.717, 1.165) is 23.2 Å². The van der Waals surface area contributed by atoms with Gasteiger partial charge in [-0.2, -0.15) is 0 Å². The topological polar surface area (TPSA) is 52.0 Å². The second-order valence-corrected chi connectivity index (χ2v) is 3.25. The molecule has 1 rings (SSSR count). The highest BCUT2D eigenvalue weighted by Crippen LogP contribution is 2.19. The normalized spacial score (nSPS) is 12.5. The Balaban J connectivity index is 2.89. The first-order valence-electron chi connectivity index (χ1n) is 4.37. The molecule has 70 valence electrons. The zero-order valence-corrected chi connectivity index (χ0v) is 7.96. The third kappa shape index (κ3) is 2.33. The SMILES string of the molecule is C=CC[C@H](N)c1ccc(N)c(C)c1. The Hall–Kier alpha value is -1.28. The van der Waals surface area contributed by atoms with E-state index in [1.54, 1.807) is 0 Å².